The van der Waals surface area contributed by atoms with Crippen LogP contribution < -0.4 is 10.6 Å². The zero-order chi connectivity index (χ0) is 15.3. The normalized spacial score (nSPS) is 18.4. The van der Waals surface area contributed by atoms with Crippen LogP contribution in [0.25, 0.3) is 0 Å². The highest BCUT2D eigenvalue weighted by atomic mass is 127. The molecule has 7 heteroatoms. The molecule has 2 N–H and O–H groups in total. The lowest BCUT2D eigenvalue weighted by Crippen LogP contribution is -2.39. The Morgan fingerprint density at radius 1 is 1.27 bits per heavy atom. The number of hydrogen-bond acceptors (Lipinski definition) is 4. The summed E-state index contributed by atoms with van der Waals surface area (Å²) < 4.78 is 11.0. The topological polar surface area (TPSA) is 58.1 Å². The first kappa shape index (κ1) is 21.9. The summed E-state index contributed by atoms with van der Waals surface area (Å²) in [4.78, 5) is 6.39. The lowest BCUT2D eigenvalue weighted by Gasteiger charge is -2.14. The summed E-state index contributed by atoms with van der Waals surface area (Å²) in [5.41, 5.74) is 0. The second-order valence-corrected chi connectivity index (χ2v) is 5.74. The maximum atomic E-state index is 5.67. The van der Waals surface area contributed by atoms with Crippen LogP contribution in [0, 0.1) is 5.92 Å². The molecular formula is C15H33IN4O2. The third-order valence-electron chi connectivity index (χ3n) is 3.43. The number of ether oxygens (including phenoxy) is 2. The van der Waals surface area contributed by atoms with Crippen molar-refractivity contribution >= 4 is 29.9 Å². The number of aliphatic imine (C=N–C) groups is 1. The Balaban J connectivity index is 0.00000441. The summed E-state index contributed by atoms with van der Waals surface area (Å²) in [5.74, 6) is 1.47. The molecule has 1 aliphatic rings. The monoisotopic (exact) mass is 428 g/mol. The Bertz CT molecular complexity index is 285. The predicted molar refractivity (Wildman–Crippen MR) is 102 cm³/mol. The maximum Gasteiger partial charge on any atom is 0.190 e. The minimum absolute atomic E-state index is 0. The van der Waals surface area contributed by atoms with Crippen molar-refractivity contribution in [3.8, 4) is 0 Å². The Hall–Kier alpha value is -0.120. The summed E-state index contributed by atoms with van der Waals surface area (Å²) in [6, 6.07) is 0. The molecule has 0 amide bonds. The molecule has 0 saturated carbocycles. The highest BCUT2D eigenvalue weighted by Crippen LogP contribution is 2.12. The van der Waals surface area contributed by atoms with E-state index >= 15 is 0 Å². The molecule has 0 radical (unpaired) electrons. The van der Waals surface area contributed by atoms with Gasteiger partial charge in [-0.15, -0.1) is 24.0 Å². The lowest BCUT2D eigenvalue weighted by molar-refractivity contribution is 0.0888. The molecule has 1 unspecified atom stereocenters. The summed E-state index contributed by atoms with van der Waals surface area (Å²) in [7, 11) is 5.98. The van der Waals surface area contributed by atoms with Crippen LogP contribution in [0.3, 0.4) is 0 Å². The van der Waals surface area contributed by atoms with Gasteiger partial charge in [0.15, 0.2) is 5.96 Å². The van der Waals surface area contributed by atoms with Gasteiger partial charge in [0.25, 0.3) is 0 Å². The molecule has 0 aromatic heterocycles. The number of hydrogen-bond donors (Lipinski definition) is 2. The molecule has 1 fully saturated rings. The molecule has 1 atom stereocenters. The van der Waals surface area contributed by atoms with Crippen LogP contribution in [-0.2, 0) is 9.47 Å². The van der Waals surface area contributed by atoms with Gasteiger partial charge in [-0.3, -0.25) is 4.99 Å². The van der Waals surface area contributed by atoms with E-state index in [0.717, 1.165) is 71.3 Å². The first-order chi connectivity index (χ1) is 10.2. The molecule has 1 aliphatic heterocycles. The van der Waals surface area contributed by atoms with Crippen molar-refractivity contribution < 1.29 is 9.47 Å². The Kier molecular flexibility index (Phi) is 14.4. The Morgan fingerprint density at radius 3 is 2.59 bits per heavy atom. The van der Waals surface area contributed by atoms with E-state index in [0.29, 0.717) is 5.92 Å². The number of halogens is 1. The van der Waals surface area contributed by atoms with E-state index in [9.17, 15) is 0 Å². The first-order valence-corrected chi connectivity index (χ1v) is 7.97. The number of rotatable bonds is 10. The second-order valence-electron chi connectivity index (χ2n) is 5.74. The lowest BCUT2D eigenvalue weighted by atomic mass is 10.1. The van der Waals surface area contributed by atoms with E-state index in [4.69, 9.17) is 9.47 Å². The fourth-order valence-corrected chi connectivity index (χ4v) is 2.17. The number of nitrogens with one attached hydrogen (secondary N) is 2. The van der Waals surface area contributed by atoms with Crippen molar-refractivity contribution in [1.82, 2.24) is 15.5 Å². The highest BCUT2D eigenvalue weighted by Gasteiger charge is 2.15. The molecule has 1 saturated heterocycles. The molecule has 0 aliphatic carbocycles. The van der Waals surface area contributed by atoms with Crippen molar-refractivity contribution in [2.45, 2.75) is 19.3 Å². The largest absolute Gasteiger partial charge is 0.381 e. The molecule has 22 heavy (non-hydrogen) atoms. The van der Waals surface area contributed by atoms with E-state index in [1.54, 1.807) is 7.05 Å². The average Bonchev–Trinajstić information content (AvgIpc) is 2.97. The molecular weight excluding hydrogens is 395 g/mol. The first-order valence-electron chi connectivity index (χ1n) is 7.97. The minimum Gasteiger partial charge on any atom is -0.381 e. The third kappa shape index (κ3) is 11.4. The minimum atomic E-state index is 0. The number of guanidine groups is 1. The molecule has 1 rings (SSSR count). The van der Waals surface area contributed by atoms with Crippen molar-refractivity contribution in [1.29, 1.82) is 0 Å². The number of nitrogens with zero attached hydrogens (tertiary/aromatic N) is 2. The van der Waals surface area contributed by atoms with Gasteiger partial charge in [-0.25, -0.2) is 0 Å². The van der Waals surface area contributed by atoms with Crippen LogP contribution in [0.5, 0.6) is 0 Å². The summed E-state index contributed by atoms with van der Waals surface area (Å²) >= 11 is 0. The molecule has 1 heterocycles. The van der Waals surface area contributed by atoms with Gasteiger partial charge in [0.05, 0.1) is 13.2 Å². The van der Waals surface area contributed by atoms with Crippen LogP contribution in [0.1, 0.15) is 19.3 Å². The molecule has 0 bridgehead atoms. The summed E-state index contributed by atoms with van der Waals surface area (Å²) in [5, 5.41) is 6.62. The summed E-state index contributed by atoms with van der Waals surface area (Å²) in [6.45, 7) is 6.29. The highest BCUT2D eigenvalue weighted by molar-refractivity contribution is 14.0. The van der Waals surface area contributed by atoms with Crippen molar-refractivity contribution in [3.63, 3.8) is 0 Å². The average molecular weight is 428 g/mol. The van der Waals surface area contributed by atoms with Gasteiger partial charge in [0.1, 0.15) is 0 Å². The quantitative estimate of drug-likeness (QED) is 0.237. The van der Waals surface area contributed by atoms with Gasteiger partial charge in [0, 0.05) is 39.3 Å². The van der Waals surface area contributed by atoms with Gasteiger partial charge in [0.2, 0.25) is 0 Å². The Morgan fingerprint density at radius 2 is 2.00 bits per heavy atom. The SMILES string of the molecule is CN=C(NCCCOCC1CCOC1)NCCCN(C)C.I. The fourth-order valence-electron chi connectivity index (χ4n) is 2.17. The Labute approximate surface area is 152 Å². The van der Waals surface area contributed by atoms with E-state index < -0.39 is 0 Å². The smallest absolute Gasteiger partial charge is 0.190 e. The molecule has 0 aromatic rings. The zero-order valence-corrected chi connectivity index (χ0v) is 16.6. The standard InChI is InChI=1S/C15H32N4O2.HI/c1-16-15(17-7-4-9-19(2)3)18-8-5-10-20-12-14-6-11-21-13-14;/h14H,4-13H2,1-3H3,(H2,16,17,18);1H. The predicted octanol–water partition coefficient (Wildman–Crippen LogP) is 1.16. The van der Waals surface area contributed by atoms with E-state index in [-0.39, 0.29) is 24.0 Å². The summed E-state index contributed by atoms with van der Waals surface area (Å²) in [6.07, 6.45) is 3.24. The van der Waals surface area contributed by atoms with E-state index in [2.05, 4.69) is 34.6 Å². The van der Waals surface area contributed by atoms with Crippen LogP contribution in [-0.4, -0.2) is 78.1 Å². The fraction of sp³-hybridized carbons (Fsp3) is 0.933. The van der Waals surface area contributed by atoms with Crippen LogP contribution >= 0.6 is 24.0 Å². The molecule has 132 valence electrons. The van der Waals surface area contributed by atoms with Gasteiger partial charge in [-0.2, -0.15) is 0 Å². The van der Waals surface area contributed by atoms with E-state index in [1.807, 2.05) is 0 Å². The van der Waals surface area contributed by atoms with E-state index in [1.165, 1.54) is 0 Å². The van der Waals surface area contributed by atoms with Crippen molar-refractivity contribution in [3.05, 3.63) is 0 Å². The van der Waals surface area contributed by atoms with Crippen LogP contribution in [0.4, 0.5) is 0 Å². The van der Waals surface area contributed by atoms with Crippen LogP contribution in [0.15, 0.2) is 4.99 Å². The van der Waals surface area contributed by atoms with Gasteiger partial charge >= 0.3 is 0 Å². The third-order valence-corrected chi connectivity index (χ3v) is 3.43. The van der Waals surface area contributed by atoms with Crippen LogP contribution in [0.2, 0.25) is 0 Å². The molecule has 0 aromatic carbocycles. The zero-order valence-electron chi connectivity index (χ0n) is 14.3. The van der Waals surface area contributed by atoms with Gasteiger partial charge in [-0.1, -0.05) is 0 Å². The van der Waals surface area contributed by atoms with Crippen molar-refractivity contribution in [2.75, 3.05) is 67.2 Å². The maximum absolute atomic E-state index is 5.67. The van der Waals surface area contributed by atoms with Gasteiger partial charge < -0.3 is 25.0 Å². The van der Waals surface area contributed by atoms with Crippen molar-refractivity contribution in [2.24, 2.45) is 10.9 Å². The molecule has 6 nitrogen and oxygen atoms in total. The molecule has 0 spiro atoms. The second kappa shape index (κ2) is 14.5. The van der Waals surface area contributed by atoms with Gasteiger partial charge in [-0.05, 0) is 39.9 Å².